The van der Waals surface area contributed by atoms with Crippen LogP contribution in [0, 0.1) is 0 Å². The van der Waals surface area contributed by atoms with Gasteiger partial charge in [-0.2, -0.15) is 0 Å². The molecule has 3 aromatic rings. The first kappa shape index (κ1) is 15.1. The zero-order valence-corrected chi connectivity index (χ0v) is 13.3. The summed E-state index contributed by atoms with van der Waals surface area (Å²) in [5, 5.41) is 5.69. The quantitative estimate of drug-likeness (QED) is 0.767. The smallest absolute Gasteiger partial charge is 0.319 e. The van der Waals surface area contributed by atoms with Gasteiger partial charge in [-0.25, -0.2) is 9.78 Å². The minimum atomic E-state index is -0.225. The van der Waals surface area contributed by atoms with Crippen molar-refractivity contribution in [1.82, 2.24) is 14.9 Å². The van der Waals surface area contributed by atoms with E-state index in [4.69, 9.17) is 0 Å². The molecule has 0 unspecified atom stereocenters. The van der Waals surface area contributed by atoms with E-state index in [1.807, 2.05) is 54.9 Å². The summed E-state index contributed by atoms with van der Waals surface area (Å²) in [5.41, 5.74) is 3.74. The van der Waals surface area contributed by atoms with E-state index >= 15 is 0 Å². The second kappa shape index (κ2) is 6.52. The highest BCUT2D eigenvalue weighted by molar-refractivity contribution is 5.91. The molecule has 0 saturated carbocycles. The van der Waals surface area contributed by atoms with E-state index < -0.39 is 0 Å². The molecular weight excluding hydrogens is 288 g/mol. The Morgan fingerprint density at radius 2 is 1.96 bits per heavy atom. The molecule has 0 fully saturated rings. The summed E-state index contributed by atoms with van der Waals surface area (Å²) >= 11 is 0. The first-order valence-corrected chi connectivity index (χ1v) is 7.69. The molecular formula is C18H20N4O. The number of anilines is 1. The van der Waals surface area contributed by atoms with E-state index in [-0.39, 0.29) is 6.03 Å². The van der Waals surface area contributed by atoms with Gasteiger partial charge in [0.15, 0.2) is 0 Å². The number of fused-ring (bicyclic) bond motifs is 1. The molecule has 118 valence electrons. The van der Waals surface area contributed by atoms with Crippen LogP contribution >= 0.6 is 0 Å². The summed E-state index contributed by atoms with van der Waals surface area (Å²) in [5.74, 6) is 0. The number of carbonyl (C=O) groups excluding carboxylic acids is 1. The Morgan fingerprint density at radius 3 is 2.70 bits per heavy atom. The van der Waals surface area contributed by atoms with E-state index in [9.17, 15) is 4.79 Å². The number of carbonyl (C=O) groups is 1. The molecule has 3 rings (SSSR count). The fourth-order valence-corrected chi connectivity index (χ4v) is 2.47. The van der Waals surface area contributed by atoms with Gasteiger partial charge >= 0.3 is 6.03 Å². The molecule has 0 aliphatic rings. The monoisotopic (exact) mass is 308 g/mol. The van der Waals surface area contributed by atoms with Crippen molar-refractivity contribution >= 4 is 22.8 Å². The molecule has 0 aliphatic carbocycles. The number of rotatable bonds is 4. The van der Waals surface area contributed by atoms with Crippen LogP contribution in [0.25, 0.3) is 11.0 Å². The summed E-state index contributed by atoms with van der Waals surface area (Å²) in [6, 6.07) is 15.7. The lowest BCUT2D eigenvalue weighted by Gasteiger charge is -2.09. The number of nitrogens with one attached hydrogen (secondary N) is 2. The third-order valence-corrected chi connectivity index (χ3v) is 3.68. The van der Waals surface area contributed by atoms with Crippen molar-refractivity contribution in [1.29, 1.82) is 0 Å². The summed E-state index contributed by atoms with van der Waals surface area (Å²) < 4.78 is 2.11. The predicted octanol–water partition coefficient (Wildman–Crippen LogP) is 3.94. The van der Waals surface area contributed by atoms with Crippen molar-refractivity contribution in [2.45, 2.75) is 26.4 Å². The van der Waals surface area contributed by atoms with Crippen molar-refractivity contribution in [3.8, 4) is 0 Å². The van der Waals surface area contributed by atoms with Crippen molar-refractivity contribution in [3.05, 3.63) is 60.4 Å². The van der Waals surface area contributed by atoms with E-state index in [1.54, 1.807) is 0 Å². The molecule has 1 heterocycles. The molecule has 0 aliphatic heterocycles. The van der Waals surface area contributed by atoms with Crippen molar-refractivity contribution in [3.63, 3.8) is 0 Å². The third-order valence-electron chi connectivity index (χ3n) is 3.68. The number of hydrogen-bond acceptors (Lipinski definition) is 2. The lowest BCUT2D eigenvalue weighted by molar-refractivity contribution is 0.251. The van der Waals surface area contributed by atoms with Crippen LogP contribution in [0.2, 0.25) is 0 Å². The van der Waals surface area contributed by atoms with Crippen molar-refractivity contribution in [2.75, 3.05) is 5.32 Å². The molecule has 1 aromatic heterocycles. The van der Waals surface area contributed by atoms with Gasteiger partial charge in [0.25, 0.3) is 0 Å². The number of hydrogen-bond donors (Lipinski definition) is 2. The number of amides is 2. The van der Waals surface area contributed by atoms with Gasteiger partial charge in [-0.15, -0.1) is 0 Å². The molecule has 2 aromatic carbocycles. The van der Waals surface area contributed by atoms with Crippen LogP contribution in [0.1, 0.15) is 25.5 Å². The van der Waals surface area contributed by atoms with Crippen LogP contribution < -0.4 is 10.6 Å². The van der Waals surface area contributed by atoms with Crippen LogP contribution in [-0.4, -0.2) is 15.6 Å². The number of aromatic nitrogens is 2. The summed E-state index contributed by atoms with van der Waals surface area (Å²) in [6.07, 6.45) is 1.83. The van der Waals surface area contributed by atoms with Gasteiger partial charge in [-0.3, -0.25) is 0 Å². The van der Waals surface area contributed by atoms with E-state index in [0.717, 1.165) is 22.3 Å². The number of benzene rings is 2. The van der Waals surface area contributed by atoms with Crippen molar-refractivity contribution in [2.24, 2.45) is 0 Å². The fourth-order valence-electron chi connectivity index (χ4n) is 2.47. The van der Waals surface area contributed by atoms with Crippen LogP contribution in [0.4, 0.5) is 10.5 Å². The maximum atomic E-state index is 12.0. The highest BCUT2D eigenvalue weighted by Crippen LogP contribution is 2.21. The average molecular weight is 308 g/mol. The Labute approximate surface area is 135 Å². The van der Waals surface area contributed by atoms with E-state index in [0.29, 0.717) is 12.6 Å². The van der Waals surface area contributed by atoms with Gasteiger partial charge in [-0.05, 0) is 37.6 Å². The van der Waals surface area contributed by atoms with Crippen LogP contribution in [-0.2, 0) is 6.54 Å². The van der Waals surface area contributed by atoms with Gasteiger partial charge in [0, 0.05) is 18.3 Å². The molecule has 5 nitrogen and oxygen atoms in total. The Bertz CT molecular complexity index is 808. The Kier molecular flexibility index (Phi) is 4.28. The van der Waals surface area contributed by atoms with Gasteiger partial charge in [0.05, 0.1) is 17.4 Å². The molecule has 5 heteroatoms. The van der Waals surface area contributed by atoms with Crippen LogP contribution in [0.15, 0.2) is 54.9 Å². The van der Waals surface area contributed by atoms with Gasteiger partial charge < -0.3 is 15.2 Å². The molecule has 0 radical (unpaired) electrons. The second-order valence-electron chi connectivity index (χ2n) is 5.74. The highest BCUT2D eigenvalue weighted by atomic mass is 16.2. The van der Waals surface area contributed by atoms with Gasteiger partial charge in [0.1, 0.15) is 0 Å². The topological polar surface area (TPSA) is 59.0 Å². The molecule has 2 amide bonds. The van der Waals surface area contributed by atoms with E-state index in [1.165, 1.54) is 0 Å². The molecule has 2 N–H and O–H groups in total. The van der Waals surface area contributed by atoms with Gasteiger partial charge in [-0.1, -0.05) is 30.3 Å². The maximum Gasteiger partial charge on any atom is 0.319 e. The highest BCUT2D eigenvalue weighted by Gasteiger charge is 2.07. The molecule has 0 bridgehead atoms. The zero-order chi connectivity index (χ0) is 16.2. The first-order chi connectivity index (χ1) is 11.1. The lowest BCUT2D eigenvalue weighted by atomic mass is 10.2. The minimum absolute atomic E-state index is 0.225. The first-order valence-electron chi connectivity index (χ1n) is 7.69. The summed E-state index contributed by atoms with van der Waals surface area (Å²) in [6.45, 7) is 4.73. The van der Waals surface area contributed by atoms with Gasteiger partial charge in [0.2, 0.25) is 0 Å². The molecule has 0 saturated heterocycles. The summed E-state index contributed by atoms with van der Waals surface area (Å²) in [4.78, 5) is 16.4. The standard InChI is InChI=1S/C18H20N4O/c1-13(2)22-12-20-16-10-15(8-9-17(16)22)21-18(23)19-11-14-6-4-3-5-7-14/h3-10,12-13H,11H2,1-2H3,(H2,19,21,23). The summed E-state index contributed by atoms with van der Waals surface area (Å²) in [7, 11) is 0. The maximum absolute atomic E-state index is 12.0. The Balaban J connectivity index is 1.65. The van der Waals surface area contributed by atoms with Crippen LogP contribution in [0.5, 0.6) is 0 Å². The second-order valence-corrected chi connectivity index (χ2v) is 5.74. The SMILES string of the molecule is CC(C)n1cnc2cc(NC(=O)NCc3ccccc3)ccc21. The van der Waals surface area contributed by atoms with Crippen LogP contribution in [0.3, 0.4) is 0 Å². The number of imidazole rings is 1. The largest absolute Gasteiger partial charge is 0.334 e. The Hall–Kier alpha value is -2.82. The molecule has 23 heavy (non-hydrogen) atoms. The molecule has 0 atom stereocenters. The zero-order valence-electron chi connectivity index (χ0n) is 13.3. The van der Waals surface area contributed by atoms with Crippen molar-refractivity contribution < 1.29 is 4.79 Å². The third kappa shape index (κ3) is 3.51. The minimum Gasteiger partial charge on any atom is -0.334 e. The predicted molar refractivity (Wildman–Crippen MR) is 92.4 cm³/mol. The average Bonchev–Trinajstić information content (AvgIpc) is 2.97. The molecule has 0 spiro atoms. The normalized spacial score (nSPS) is 10.9. The van der Waals surface area contributed by atoms with E-state index in [2.05, 4.69) is 34.0 Å². The number of urea groups is 1. The number of nitrogens with zero attached hydrogens (tertiary/aromatic N) is 2. The lowest BCUT2D eigenvalue weighted by Crippen LogP contribution is -2.28. The fraction of sp³-hybridized carbons (Fsp3) is 0.222. The Morgan fingerprint density at radius 1 is 1.17 bits per heavy atom.